The minimum absolute atomic E-state index is 0.100. The Labute approximate surface area is 241 Å². The molecule has 216 valence electrons. The zero-order valence-corrected chi connectivity index (χ0v) is 26.2. The van der Waals surface area contributed by atoms with Crippen molar-refractivity contribution in [1.29, 1.82) is 0 Å². The molecule has 1 N–H and O–H groups in total. The quantitative estimate of drug-likeness (QED) is 0.144. The van der Waals surface area contributed by atoms with Gasteiger partial charge in [0.05, 0.1) is 11.7 Å². The van der Waals surface area contributed by atoms with E-state index in [0.29, 0.717) is 7.48 Å². The maximum absolute atomic E-state index is 10.4. The van der Waals surface area contributed by atoms with Crippen LogP contribution >= 0.6 is 0 Å². The van der Waals surface area contributed by atoms with Crippen molar-refractivity contribution in [2.45, 2.75) is 155 Å². The molecule has 0 aromatic heterocycles. The van der Waals surface area contributed by atoms with Gasteiger partial charge < -0.3 is 9.76 Å². The monoisotopic (exact) mass is 532 g/mol. The van der Waals surface area contributed by atoms with Crippen LogP contribution in [0.25, 0.3) is 11.1 Å². The molecule has 0 heterocycles. The van der Waals surface area contributed by atoms with Crippen LogP contribution in [0.15, 0.2) is 36.4 Å². The molecule has 0 saturated carbocycles. The van der Waals surface area contributed by atoms with Crippen LogP contribution in [0.1, 0.15) is 148 Å². The van der Waals surface area contributed by atoms with Gasteiger partial charge in [0.2, 0.25) is 0 Å². The Balaban J connectivity index is 1.93. The molecule has 0 amide bonds. The van der Waals surface area contributed by atoms with Crippen LogP contribution in [0.5, 0.6) is 0 Å². The largest absolute Gasteiger partial charge is 0.429 e. The fraction of sp³-hybridized carbons (Fsp3) is 0.667. The second-order valence-corrected chi connectivity index (χ2v) is 12.8. The van der Waals surface area contributed by atoms with E-state index in [9.17, 15) is 5.11 Å². The maximum atomic E-state index is 10.4. The van der Waals surface area contributed by atoms with Crippen LogP contribution in [-0.2, 0) is 16.5 Å². The Bertz CT molecular complexity index is 990. The summed E-state index contributed by atoms with van der Waals surface area (Å²) < 4.78 is 6.16. The lowest BCUT2D eigenvalue weighted by molar-refractivity contribution is -0.0223. The summed E-state index contributed by atoms with van der Waals surface area (Å²) in [6.07, 6.45) is 19.4. The van der Waals surface area contributed by atoms with Gasteiger partial charge in [-0.05, 0) is 67.9 Å². The van der Waals surface area contributed by atoms with Gasteiger partial charge >= 0.3 is 7.48 Å². The molecule has 2 nitrogen and oxygen atoms in total. The van der Waals surface area contributed by atoms with Gasteiger partial charge in [0.1, 0.15) is 0 Å². The average Bonchev–Trinajstić information content (AvgIpc) is 3.19. The third-order valence-corrected chi connectivity index (χ3v) is 9.31. The number of aryl methyl sites for hydroxylation is 1. The first-order chi connectivity index (χ1) is 18.8. The smallest absolute Gasteiger partial charge is 0.309 e. The van der Waals surface area contributed by atoms with Gasteiger partial charge in [-0.2, -0.15) is 0 Å². The number of benzene rings is 2. The Morgan fingerprint density at radius 3 is 1.79 bits per heavy atom. The van der Waals surface area contributed by atoms with Crippen molar-refractivity contribution in [3.63, 3.8) is 0 Å². The molecule has 3 rings (SSSR count). The summed E-state index contributed by atoms with van der Waals surface area (Å²) in [7, 11) is 0.541. The van der Waals surface area contributed by atoms with E-state index in [0.717, 1.165) is 6.42 Å². The Hall–Kier alpha value is -1.58. The topological polar surface area (TPSA) is 29.5 Å². The van der Waals surface area contributed by atoms with Gasteiger partial charge in [-0.1, -0.05) is 140 Å². The minimum Gasteiger partial charge on any atom is -0.429 e. The summed E-state index contributed by atoms with van der Waals surface area (Å²) in [6.45, 7) is 12.5. The normalized spacial score (nSPS) is 14.7. The van der Waals surface area contributed by atoms with E-state index in [1.807, 2.05) is 20.8 Å². The first kappa shape index (κ1) is 31.9. The molecule has 1 atom stereocenters. The zero-order chi connectivity index (χ0) is 28.3. The molecule has 2 aromatic rings. The van der Waals surface area contributed by atoms with E-state index in [1.165, 1.54) is 118 Å². The second-order valence-electron chi connectivity index (χ2n) is 12.8. The van der Waals surface area contributed by atoms with Gasteiger partial charge in [-0.3, -0.25) is 0 Å². The lowest BCUT2D eigenvalue weighted by Crippen LogP contribution is -2.38. The molecule has 0 radical (unpaired) electrons. The van der Waals surface area contributed by atoms with Crippen molar-refractivity contribution in [2.24, 2.45) is 0 Å². The van der Waals surface area contributed by atoms with E-state index in [-0.39, 0.29) is 11.5 Å². The molecule has 0 bridgehead atoms. The standard InChI is InChI=1S/C36H57BO2/c1-7-10-12-14-16-18-24-36(25-19-17-15-13-11-8-2)33-26-29(9-3)20-22-31(33)32-23-21-30(27-34(32)36)37-39-28(4)35(5,6)38/h20-23,26-28,37-38H,7-19,24-25H2,1-6H3. The molecule has 0 saturated heterocycles. The summed E-state index contributed by atoms with van der Waals surface area (Å²) in [4.78, 5) is 0. The fourth-order valence-electron chi connectivity index (χ4n) is 6.40. The van der Waals surface area contributed by atoms with Crippen LogP contribution in [0.3, 0.4) is 0 Å². The van der Waals surface area contributed by atoms with E-state index in [1.54, 1.807) is 5.56 Å². The first-order valence-corrected chi connectivity index (χ1v) is 16.4. The van der Waals surface area contributed by atoms with Crippen LogP contribution in [0.4, 0.5) is 0 Å². The Morgan fingerprint density at radius 2 is 1.26 bits per heavy atom. The molecule has 0 aliphatic heterocycles. The summed E-state index contributed by atoms with van der Waals surface area (Å²) in [6, 6.07) is 14.4. The minimum atomic E-state index is -0.844. The van der Waals surface area contributed by atoms with Gasteiger partial charge in [-0.15, -0.1) is 0 Å². The number of aliphatic hydroxyl groups is 1. The van der Waals surface area contributed by atoms with Crippen molar-refractivity contribution < 1.29 is 9.76 Å². The average molecular weight is 533 g/mol. The van der Waals surface area contributed by atoms with Crippen LogP contribution in [-0.4, -0.2) is 24.3 Å². The number of hydrogen-bond donors (Lipinski definition) is 1. The van der Waals surface area contributed by atoms with E-state index in [2.05, 4.69) is 57.2 Å². The van der Waals surface area contributed by atoms with Gasteiger partial charge in [0.25, 0.3) is 0 Å². The predicted molar refractivity (Wildman–Crippen MR) is 172 cm³/mol. The molecule has 1 unspecified atom stereocenters. The van der Waals surface area contributed by atoms with Gasteiger partial charge in [0.15, 0.2) is 0 Å². The Morgan fingerprint density at radius 1 is 0.744 bits per heavy atom. The second kappa shape index (κ2) is 15.4. The molecule has 1 aliphatic rings. The number of rotatable bonds is 19. The molecular weight excluding hydrogens is 475 g/mol. The first-order valence-electron chi connectivity index (χ1n) is 16.4. The van der Waals surface area contributed by atoms with Crippen molar-refractivity contribution >= 4 is 12.9 Å². The highest BCUT2D eigenvalue weighted by atomic mass is 16.5. The lowest BCUT2D eigenvalue weighted by Gasteiger charge is -2.33. The third kappa shape index (κ3) is 8.46. The predicted octanol–water partition coefficient (Wildman–Crippen LogP) is 9.17. The van der Waals surface area contributed by atoms with Crippen LogP contribution in [0, 0.1) is 0 Å². The zero-order valence-electron chi connectivity index (χ0n) is 26.2. The van der Waals surface area contributed by atoms with Crippen LogP contribution in [0.2, 0.25) is 0 Å². The lowest BCUT2D eigenvalue weighted by atomic mass is 9.69. The molecular formula is C36H57BO2. The van der Waals surface area contributed by atoms with Crippen molar-refractivity contribution in [1.82, 2.24) is 0 Å². The maximum Gasteiger partial charge on any atom is 0.309 e. The highest BCUT2D eigenvalue weighted by Gasteiger charge is 2.42. The number of unbranched alkanes of at least 4 members (excludes halogenated alkanes) is 10. The Kier molecular flexibility index (Phi) is 12.6. The van der Waals surface area contributed by atoms with Crippen molar-refractivity contribution in [2.75, 3.05) is 0 Å². The number of hydrogen-bond acceptors (Lipinski definition) is 2. The van der Waals surface area contributed by atoms with Crippen molar-refractivity contribution in [3.8, 4) is 11.1 Å². The summed E-state index contributed by atoms with van der Waals surface area (Å²) in [5.74, 6) is 0. The molecule has 0 fully saturated rings. The molecule has 39 heavy (non-hydrogen) atoms. The van der Waals surface area contributed by atoms with E-state index >= 15 is 0 Å². The molecule has 2 aromatic carbocycles. The van der Waals surface area contributed by atoms with Gasteiger partial charge in [-0.25, -0.2) is 0 Å². The highest BCUT2D eigenvalue weighted by molar-refractivity contribution is 6.47. The summed E-state index contributed by atoms with van der Waals surface area (Å²) in [5, 5.41) is 10.4. The highest BCUT2D eigenvalue weighted by Crippen LogP contribution is 2.54. The van der Waals surface area contributed by atoms with Crippen LogP contribution < -0.4 is 5.46 Å². The van der Waals surface area contributed by atoms with Gasteiger partial charge in [0, 0.05) is 5.41 Å². The molecule has 3 heteroatoms. The fourth-order valence-corrected chi connectivity index (χ4v) is 6.40. The van der Waals surface area contributed by atoms with E-state index in [4.69, 9.17) is 4.65 Å². The third-order valence-electron chi connectivity index (χ3n) is 9.31. The summed E-state index contributed by atoms with van der Waals surface area (Å²) >= 11 is 0. The molecule has 0 spiro atoms. The molecule has 1 aliphatic carbocycles. The van der Waals surface area contributed by atoms with Crippen molar-refractivity contribution in [3.05, 3.63) is 53.1 Å². The number of fused-ring (bicyclic) bond motifs is 3. The SMILES string of the molecule is CCCCCCCCC1(CCCCCCCC)c2cc(BOC(C)C(C)(C)O)ccc2-c2ccc(CC)cc21. The summed E-state index contributed by atoms with van der Waals surface area (Å²) in [5.41, 5.74) is 7.95. The van der Waals surface area contributed by atoms with E-state index < -0.39 is 5.60 Å².